The van der Waals surface area contributed by atoms with Crippen LogP contribution in [0.4, 0.5) is 5.69 Å². The molecule has 4 heteroatoms. The number of pyridine rings is 1. The summed E-state index contributed by atoms with van der Waals surface area (Å²) in [6, 6.07) is 2.22. The highest BCUT2D eigenvalue weighted by atomic mass is 16.4. The molecule has 1 heterocycles. The molecule has 0 aliphatic heterocycles. The van der Waals surface area contributed by atoms with Gasteiger partial charge < -0.3 is 10.4 Å². The van der Waals surface area contributed by atoms with E-state index in [1.807, 2.05) is 13.0 Å². The number of hydrogen-bond donors (Lipinski definition) is 2. The van der Waals surface area contributed by atoms with E-state index in [2.05, 4.69) is 10.3 Å². The fourth-order valence-corrected chi connectivity index (χ4v) is 2.32. The summed E-state index contributed by atoms with van der Waals surface area (Å²) >= 11 is 0. The Hall–Kier alpha value is -1.58. The minimum Gasteiger partial charge on any atom is -0.478 e. The highest BCUT2D eigenvalue weighted by Gasteiger charge is 2.17. The zero-order valence-electron chi connectivity index (χ0n) is 10.1. The maximum atomic E-state index is 11.1. The lowest BCUT2D eigenvalue weighted by Crippen LogP contribution is -2.23. The number of aromatic carboxylic acids is 1. The third-order valence-electron chi connectivity index (χ3n) is 3.24. The molecule has 0 amide bonds. The summed E-state index contributed by atoms with van der Waals surface area (Å²) in [4.78, 5) is 15.1. The van der Waals surface area contributed by atoms with E-state index < -0.39 is 5.97 Å². The van der Waals surface area contributed by atoms with Gasteiger partial charge in [-0.25, -0.2) is 4.79 Å². The Bertz CT molecular complexity index is 412. The van der Waals surface area contributed by atoms with Crippen LogP contribution in [0, 0.1) is 6.92 Å². The van der Waals surface area contributed by atoms with Crippen molar-refractivity contribution in [1.82, 2.24) is 4.98 Å². The Morgan fingerprint density at radius 2 is 2.12 bits per heavy atom. The Balaban J connectivity index is 2.17. The zero-order valence-corrected chi connectivity index (χ0v) is 10.1. The van der Waals surface area contributed by atoms with E-state index in [0.29, 0.717) is 11.7 Å². The lowest BCUT2D eigenvalue weighted by molar-refractivity contribution is 0.0697. The predicted molar refractivity (Wildman–Crippen MR) is 66.4 cm³/mol. The van der Waals surface area contributed by atoms with Gasteiger partial charge in [0.25, 0.3) is 0 Å². The number of aromatic nitrogens is 1. The molecular weight excluding hydrogens is 216 g/mol. The zero-order chi connectivity index (χ0) is 12.3. The Morgan fingerprint density at radius 3 is 2.76 bits per heavy atom. The first kappa shape index (κ1) is 11.9. The Morgan fingerprint density at radius 1 is 1.41 bits per heavy atom. The van der Waals surface area contributed by atoms with Crippen molar-refractivity contribution in [2.45, 2.75) is 45.1 Å². The number of aryl methyl sites for hydroxylation is 1. The van der Waals surface area contributed by atoms with Gasteiger partial charge in [0.15, 0.2) is 0 Å². The number of carboxylic acids is 1. The number of anilines is 1. The first-order valence-electron chi connectivity index (χ1n) is 6.13. The summed E-state index contributed by atoms with van der Waals surface area (Å²) < 4.78 is 0. The topological polar surface area (TPSA) is 62.2 Å². The second kappa shape index (κ2) is 5.17. The second-order valence-corrected chi connectivity index (χ2v) is 4.66. The van der Waals surface area contributed by atoms with Gasteiger partial charge in [-0.2, -0.15) is 0 Å². The molecule has 2 rings (SSSR count). The molecule has 1 aromatic rings. The molecule has 4 nitrogen and oxygen atoms in total. The molecule has 0 radical (unpaired) electrons. The van der Waals surface area contributed by atoms with Crippen molar-refractivity contribution in [3.8, 4) is 0 Å². The lowest BCUT2D eigenvalue weighted by Gasteiger charge is -2.24. The summed E-state index contributed by atoms with van der Waals surface area (Å²) in [5.74, 6) is -0.921. The Kier molecular flexibility index (Phi) is 3.61. The van der Waals surface area contributed by atoms with Crippen LogP contribution in [0.5, 0.6) is 0 Å². The molecule has 2 N–H and O–H groups in total. The third kappa shape index (κ3) is 2.96. The van der Waals surface area contributed by atoms with Crippen LogP contribution in [0.1, 0.15) is 48.2 Å². The highest BCUT2D eigenvalue weighted by molar-refractivity contribution is 5.93. The molecule has 0 spiro atoms. The Labute approximate surface area is 101 Å². The monoisotopic (exact) mass is 234 g/mol. The van der Waals surface area contributed by atoms with Gasteiger partial charge in [0.1, 0.15) is 5.56 Å². The summed E-state index contributed by atoms with van der Waals surface area (Å²) in [6.07, 6.45) is 7.43. The summed E-state index contributed by atoms with van der Waals surface area (Å²) in [7, 11) is 0. The molecule has 1 saturated carbocycles. The average Bonchev–Trinajstić information content (AvgIpc) is 2.30. The first-order chi connectivity index (χ1) is 8.16. The molecule has 1 aromatic heterocycles. The molecule has 92 valence electrons. The van der Waals surface area contributed by atoms with Crippen molar-refractivity contribution in [3.05, 3.63) is 23.5 Å². The molecule has 1 aliphatic rings. The van der Waals surface area contributed by atoms with E-state index in [0.717, 1.165) is 18.5 Å². The van der Waals surface area contributed by atoms with E-state index in [1.165, 1.54) is 25.5 Å². The molecular formula is C13H18N2O2. The minimum atomic E-state index is -0.921. The quantitative estimate of drug-likeness (QED) is 0.844. The lowest BCUT2D eigenvalue weighted by atomic mass is 9.95. The largest absolute Gasteiger partial charge is 0.478 e. The van der Waals surface area contributed by atoms with E-state index in [-0.39, 0.29) is 5.56 Å². The van der Waals surface area contributed by atoms with Crippen molar-refractivity contribution in [1.29, 1.82) is 0 Å². The van der Waals surface area contributed by atoms with Crippen LogP contribution in [-0.2, 0) is 0 Å². The van der Waals surface area contributed by atoms with Gasteiger partial charge in [-0.15, -0.1) is 0 Å². The minimum absolute atomic E-state index is 0.265. The van der Waals surface area contributed by atoms with Crippen LogP contribution >= 0.6 is 0 Å². The van der Waals surface area contributed by atoms with Crippen molar-refractivity contribution in [2.24, 2.45) is 0 Å². The van der Waals surface area contributed by atoms with Gasteiger partial charge in [0.05, 0.1) is 5.69 Å². The van der Waals surface area contributed by atoms with E-state index in [9.17, 15) is 4.79 Å². The van der Waals surface area contributed by atoms with Gasteiger partial charge >= 0.3 is 5.97 Å². The van der Waals surface area contributed by atoms with Crippen LogP contribution in [0.25, 0.3) is 0 Å². The van der Waals surface area contributed by atoms with Crippen molar-refractivity contribution < 1.29 is 9.90 Å². The number of nitrogens with zero attached hydrogens (tertiary/aromatic N) is 1. The summed E-state index contributed by atoms with van der Waals surface area (Å²) in [6.45, 7) is 1.87. The molecule has 0 atom stereocenters. The molecule has 1 aliphatic carbocycles. The van der Waals surface area contributed by atoms with Gasteiger partial charge in [0.2, 0.25) is 0 Å². The van der Waals surface area contributed by atoms with Gasteiger partial charge in [-0.3, -0.25) is 4.98 Å². The number of hydrogen-bond acceptors (Lipinski definition) is 3. The number of carbonyl (C=O) groups is 1. The molecule has 0 aromatic carbocycles. The fraction of sp³-hybridized carbons (Fsp3) is 0.538. The number of nitrogens with one attached hydrogen (secondary N) is 1. The molecule has 17 heavy (non-hydrogen) atoms. The second-order valence-electron chi connectivity index (χ2n) is 4.66. The highest BCUT2D eigenvalue weighted by Crippen LogP contribution is 2.24. The average molecular weight is 234 g/mol. The summed E-state index contributed by atoms with van der Waals surface area (Å²) in [5.41, 5.74) is 1.81. The van der Waals surface area contributed by atoms with Gasteiger partial charge in [0, 0.05) is 17.9 Å². The number of carboxylic acid groups (broad SMARTS) is 1. The predicted octanol–water partition coefficient (Wildman–Crippen LogP) is 2.83. The maximum Gasteiger partial charge on any atom is 0.339 e. The molecule has 1 fully saturated rings. The van der Waals surface area contributed by atoms with Crippen LogP contribution < -0.4 is 5.32 Å². The van der Waals surface area contributed by atoms with Crippen LogP contribution in [0.2, 0.25) is 0 Å². The normalized spacial score (nSPS) is 16.8. The molecule has 0 bridgehead atoms. The summed E-state index contributed by atoms with van der Waals surface area (Å²) in [5, 5.41) is 12.5. The van der Waals surface area contributed by atoms with Crippen molar-refractivity contribution in [2.75, 3.05) is 5.32 Å². The third-order valence-corrected chi connectivity index (χ3v) is 3.24. The van der Waals surface area contributed by atoms with Gasteiger partial charge in [-0.05, 0) is 25.8 Å². The van der Waals surface area contributed by atoms with Crippen molar-refractivity contribution >= 4 is 11.7 Å². The van der Waals surface area contributed by atoms with Gasteiger partial charge in [-0.1, -0.05) is 19.3 Å². The smallest absolute Gasteiger partial charge is 0.339 e. The molecule has 0 unspecified atom stereocenters. The standard InChI is InChI=1S/C13H18N2O2/c1-9-7-12(11(8-14-9)13(16)17)15-10-5-3-2-4-6-10/h7-8,10H,2-6H2,1H3,(H,14,15)(H,16,17). The van der Waals surface area contributed by atoms with E-state index in [4.69, 9.17) is 5.11 Å². The SMILES string of the molecule is Cc1cc(NC2CCCCC2)c(C(=O)O)cn1. The van der Waals surface area contributed by atoms with E-state index in [1.54, 1.807) is 0 Å². The van der Waals surface area contributed by atoms with Crippen LogP contribution in [0.15, 0.2) is 12.3 Å². The van der Waals surface area contributed by atoms with Crippen LogP contribution in [-0.4, -0.2) is 22.1 Å². The first-order valence-corrected chi connectivity index (χ1v) is 6.13. The number of rotatable bonds is 3. The maximum absolute atomic E-state index is 11.1. The molecule has 0 saturated heterocycles. The van der Waals surface area contributed by atoms with Crippen LogP contribution in [0.3, 0.4) is 0 Å². The van der Waals surface area contributed by atoms with Crippen molar-refractivity contribution in [3.63, 3.8) is 0 Å². The van der Waals surface area contributed by atoms with E-state index >= 15 is 0 Å². The fourth-order valence-electron chi connectivity index (χ4n) is 2.32.